The normalized spacial score (nSPS) is 18.7. The van der Waals surface area contributed by atoms with Crippen molar-refractivity contribution in [3.63, 3.8) is 0 Å². The zero-order valence-electron chi connectivity index (χ0n) is 12.4. The van der Waals surface area contributed by atoms with Crippen LogP contribution in [0.25, 0.3) is 11.0 Å². The number of nitrogens with zero attached hydrogens (tertiary/aromatic N) is 5. The summed E-state index contributed by atoms with van der Waals surface area (Å²) in [5, 5.41) is 9.99. The van der Waals surface area contributed by atoms with E-state index in [9.17, 15) is 9.59 Å². The Morgan fingerprint density at radius 1 is 1.41 bits per heavy atom. The van der Waals surface area contributed by atoms with Crippen molar-refractivity contribution in [3.05, 3.63) is 18.1 Å². The van der Waals surface area contributed by atoms with Crippen LogP contribution in [0.1, 0.15) is 12.5 Å². The maximum Gasteiger partial charge on any atom is 0.407 e. The third-order valence-electron chi connectivity index (χ3n) is 4.07. The molecule has 8 heteroatoms. The second kappa shape index (κ2) is 5.28. The molecule has 1 atom stereocenters. The van der Waals surface area contributed by atoms with Crippen LogP contribution in [0.5, 0.6) is 0 Å². The molecule has 1 saturated heterocycles. The van der Waals surface area contributed by atoms with E-state index < -0.39 is 6.09 Å². The van der Waals surface area contributed by atoms with E-state index in [0.29, 0.717) is 25.3 Å². The van der Waals surface area contributed by atoms with E-state index in [4.69, 9.17) is 5.11 Å². The van der Waals surface area contributed by atoms with Crippen LogP contribution >= 0.6 is 0 Å². The number of aryl methyl sites for hydroxylation is 1. The molecule has 1 N–H and O–H groups in total. The van der Waals surface area contributed by atoms with Crippen LogP contribution < -0.4 is 4.90 Å². The molecule has 2 aromatic rings. The van der Waals surface area contributed by atoms with Gasteiger partial charge in [0.05, 0.1) is 5.39 Å². The number of hydrogen-bond acceptors (Lipinski definition) is 5. The van der Waals surface area contributed by atoms with Gasteiger partial charge in [-0.3, -0.25) is 9.36 Å². The van der Waals surface area contributed by atoms with Gasteiger partial charge < -0.3 is 14.9 Å². The number of piperazine rings is 1. The summed E-state index contributed by atoms with van der Waals surface area (Å²) < 4.78 is 1.44. The second-order valence-electron chi connectivity index (χ2n) is 5.49. The molecule has 2 aromatic heterocycles. The SMILES string of the molecule is Cc1cn(C=O)c2ncnc(N3CCN(C(=O)O)[C@@H](C)C3)c12. The van der Waals surface area contributed by atoms with E-state index >= 15 is 0 Å². The summed E-state index contributed by atoms with van der Waals surface area (Å²) in [6.07, 6.45) is 2.98. The third kappa shape index (κ3) is 2.16. The Balaban J connectivity index is 1.99. The smallest absolute Gasteiger partial charge is 0.407 e. The van der Waals surface area contributed by atoms with Gasteiger partial charge >= 0.3 is 6.09 Å². The molecule has 0 aliphatic carbocycles. The Hall–Kier alpha value is -2.64. The highest BCUT2D eigenvalue weighted by molar-refractivity contribution is 5.94. The van der Waals surface area contributed by atoms with Crippen molar-refractivity contribution in [2.45, 2.75) is 19.9 Å². The highest BCUT2D eigenvalue weighted by Gasteiger charge is 2.29. The van der Waals surface area contributed by atoms with Crippen LogP contribution in [0, 0.1) is 6.92 Å². The van der Waals surface area contributed by atoms with Crippen LogP contribution in [0.2, 0.25) is 0 Å². The number of amides is 1. The van der Waals surface area contributed by atoms with Crippen LogP contribution in [0.3, 0.4) is 0 Å². The van der Waals surface area contributed by atoms with Crippen LogP contribution in [-0.2, 0) is 4.79 Å². The Kier molecular flexibility index (Phi) is 3.44. The van der Waals surface area contributed by atoms with E-state index in [1.165, 1.54) is 15.8 Å². The molecule has 0 bridgehead atoms. The maximum atomic E-state index is 11.2. The first-order valence-electron chi connectivity index (χ1n) is 7.05. The number of aromatic nitrogens is 3. The van der Waals surface area contributed by atoms with Crippen molar-refractivity contribution < 1.29 is 14.7 Å². The summed E-state index contributed by atoms with van der Waals surface area (Å²) in [6, 6.07) is -0.121. The number of anilines is 1. The minimum atomic E-state index is -0.900. The number of hydrogen-bond donors (Lipinski definition) is 1. The first-order valence-corrected chi connectivity index (χ1v) is 7.05. The first-order chi connectivity index (χ1) is 10.5. The topological polar surface area (TPSA) is 91.6 Å². The molecule has 0 spiro atoms. The minimum Gasteiger partial charge on any atom is -0.465 e. The van der Waals surface area contributed by atoms with Gasteiger partial charge in [-0.1, -0.05) is 0 Å². The monoisotopic (exact) mass is 303 g/mol. The molecule has 116 valence electrons. The molecule has 3 heterocycles. The van der Waals surface area contributed by atoms with E-state index in [0.717, 1.165) is 23.2 Å². The van der Waals surface area contributed by atoms with Gasteiger partial charge in [0.25, 0.3) is 0 Å². The molecule has 8 nitrogen and oxygen atoms in total. The number of rotatable bonds is 2. The standard InChI is InChI=1S/C14H17N5O3/c1-9-5-18(8-20)13-11(9)12(15-7-16-13)17-3-4-19(14(21)22)10(2)6-17/h5,7-8,10H,3-4,6H2,1-2H3,(H,21,22)/t10-/m0/s1. The van der Waals surface area contributed by atoms with Crippen LogP contribution in [0.4, 0.5) is 10.6 Å². The molecular formula is C14H17N5O3. The molecule has 3 rings (SSSR count). The lowest BCUT2D eigenvalue weighted by Gasteiger charge is -2.39. The summed E-state index contributed by atoms with van der Waals surface area (Å²) in [5.41, 5.74) is 1.50. The largest absolute Gasteiger partial charge is 0.465 e. The van der Waals surface area contributed by atoms with Crippen molar-refractivity contribution >= 4 is 29.4 Å². The molecule has 22 heavy (non-hydrogen) atoms. The first kappa shape index (κ1) is 14.3. The van der Waals surface area contributed by atoms with Gasteiger partial charge in [0.2, 0.25) is 6.41 Å². The summed E-state index contributed by atoms with van der Waals surface area (Å²) in [6.45, 7) is 5.34. The molecule has 0 radical (unpaired) electrons. The third-order valence-corrected chi connectivity index (χ3v) is 4.07. The fraction of sp³-hybridized carbons (Fsp3) is 0.429. The predicted molar refractivity (Wildman–Crippen MR) is 80.8 cm³/mol. The van der Waals surface area contributed by atoms with Crippen LogP contribution in [-0.4, -0.2) is 62.7 Å². The number of carboxylic acid groups (broad SMARTS) is 1. The van der Waals surface area contributed by atoms with Crippen molar-refractivity contribution in [2.75, 3.05) is 24.5 Å². The molecule has 0 unspecified atom stereocenters. The lowest BCUT2D eigenvalue weighted by Crippen LogP contribution is -2.54. The van der Waals surface area contributed by atoms with Crippen molar-refractivity contribution in [1.29, 1.82) is 0 Å². The van der Waals surface area contributed by atoms with E-state index in [1.54, 1.807) is 6.20 Å². The van der Waals surface area contributed by atoms with Gasteiger partial charge in [0.15, 0.2) is 5.65 Å². The van der Waals surface area contributed by atoms with Crippen molar-refractivity contribution in [1.82, 2.24) is 19.4 Å². The predicted octanol–water partition coefficient (Wildman–Crippen LogP) is 0.967. The molecule has 0 aromatic carbocycles. The minimum absolute atomic E-state index is 0.121. The fourth-order valence-electron chi connectivity index (χ4n) is 3.00. The lowest BCUT2D eigenvalue weighted by atomic mass is 10.1. The van der Waals surface area contributed by atoms with Gasteiger partial charge in [-0.2, -0.15) is 0 Å². The maximum absolute atomic E-state index is 11.2. The van der Waals surface area contributed by atoms with Gasteiger partial charge in [-0.15, -0.1) is 0 Å². The Morgan fingerprint density at radius 2 is 2.18 bits per heavy atom. The Labute approximate surface area is 127 Å². The number of fused-ring (bicyclic) bond motifs is 1. The molecule has 0 saturated carbocycles. The molecule has 1 amide bonds. The van der Waals surface area contributed by atoms with Gasteiger partial charge in [-0.05, 0) is 19.4 Å². The van der Waals surface area contributed by atoms with Gasteiger partial charge in [0, 0.05) is 31.9 Å². The fourth-order valence-corrected chi connectivity index (χ4v) is 3.00. The lowest BCUT2D eigenvalue weighted by molar-refractivity contribution is 0.122. The molecule has 1 fully saturated rings. The van der Waals surface area contributed by atoms with Gasteiger partial charge in [0.1, 0.15) is 12.1 Å². The summed E-state index contributed by atoms with van der Waals surface area (Å²) in [5.74, 6) is 0.750. The molecular weight excluding hydrogens is 286 g/mol. The highest BCUT2D eigenvalue weighted by Crippen LogP contribution is 2.28. The van der Waals surface area contributed by atoms with E-state index in [1.807, 2.05) is 13.8 Å². The summed E-state index contributed by atoms with van der Waals surface area (Å²) in [4.78, 5) is 34.3. The zero-order chi connectivity index (χ0) is 15.9. The molecule has 1 aliphatic heterocycles. The average molecular weight is 303 g/mol. The van der Waals surface area contributed by atoms with Crippen molar-refractivity contribution in [2.24, 2.45) is 0 Å². The van der Waals surface area contributed by atoms with Crippen LogP contribution in [0.15, 0.2) is 12.5 Å². The Morgan fingerprint density at radius 3 is 2.82 bits per heavy atom. The van der Waals surface area contributed by atoms with E-state index in [2.05, 4.69) is 14.9 Å². The van der Waals surface area contributed by atoms with E-state index in [-0.39, 0.29) is 6.04 Å². The average Bonchev–Trinajstić information content (AvgIpc) is 2.83. The summed E-state index contributed by atoms with van der Waals surface area (Å²) in [7, 11) is 0. The van der Waals surface area contributed by atoms with Crippen molar-refractivity contribution in [3.8, 4) is 0 Å². The number of carbonyl (C=O) groups excluding carboxylic acids is 1. The summed E-state index contributed by atoms with van der Waals surface area (Å²) >= 11 is 0. The van der Waals surface area contributed by atoms with Gasteiger partial charge in [-0.25, -0.2) is 14.8 Å². The highest BCUT2D eigenvalue weighted by atomic mass is 16.4. The number of carbonyl (C=O) groups is 2. The molecule has 1 aliphatic rings. The quantitative estimate of drug-likeness (QED) is 0.831. The Bertz CT molecular complexity index is 741. The second-order valence-corrected chi connectivity index (χ2v) is 5.49. The zero-order valence-corrected chi connectivity index (χ0v) is 12.4.